The highest BCUT2D eigenvalue weighted by molar-refractivity contribution is 6.24. The molecular weight excluding hydrogens is 637 g/mol. The predicted molar refractivity (Wildman–Crippen MR) is 210 cm³/mol. The summed E-state index contributed by atoms with van der Waals surface area (Å²) in [6.07, 6.45) is 5.12. The largest absolute Gasteiger partial charge is 0.464 e. The van der Waals surface area contributed by atoms with E-state index in [1.807, 2.05) is 30.7 Å². The molecule has 244 valence electrons. The third kappa shape index (κ3) is 4.26. The maximum absolute atomic E-state index is 6.53. The maximum Gasteiger partial charge on any atom is 0.235 e. The van der Waals surface area contributed by atoms with Crippen LogP contribution in [0.1, 0.15) is 22.3 Å². The van der Waals surface area contributed by atoms with Gasteiger partial charge in [-0.1, -0.05) is 121 Å². The van der Waals surface area contributed by atoms with E-state index in [1.165, 1.54) is 22.3 Å². The van der Waals surface area contributed by atoms with Crippen LogP contribution in [-0.4, -0.2) is 19.5 Å². The molecule has 4 aromatic heterocycles. The fourth-order valence-corrected chi connectivity index (χ4v) is 8.44. The number of rotatable bonds is 2. The SMILES string of the molecule is c1ccc(-c2nc(-n3c4ccccc4c4c5ccoc5c5c(c43)Cc3ccccc3-c3ccccc3Cc3cccnc3-5)nc3ccccc23)cc1. The van der Waals surface area contributed by atoms with Crippen molar-refractivity contribution in [1.29, 1.82) is 0 Å². The number of benzene rings is 6. The number of nitrogens with zero attached hydrogens (tertiary/aromatic N) is 4. The van der Waals surface area contributed by atoms with E-state index >= 15 is 0 Å². The Morgan fingerprint density at radius 3 is 2.08 bits per heavy atom. The Hall–Kier alpha value is -6.85. The molecule has 0 spiro atoms. The third-order valence-electron chi connectivity index (χ3n) is 10.7. The molecule has 0 unspecified atom stereocenters. The maximum atomic E-state index is 6.53. The van der Waals surface area contributed by atoms with Gasteiger partial charge in [-0.25, -0.2) is 9.97 Å². The third-order valence-corrected chi connectivity index (χ3v) is 10.7. The zero-order valence-corrected chi connectivity index (χ0v) is 28.1. The van der Waals surface area contributed by atoms with Crippen molar-refractivity contribution in [2.45, 2.75) is 12.8 Å². The lowest BCUT2D eigenvalue weighted by molar-refractivity contribution is 0.616. The van der Waals surface area contributed by atoms with Crippen molar-refractivity contribution in [3.05, 3.63) is 180 Å². The van der Waals surface area contributed by atoms with Crippen LogP contribution < -0.4 is 0 Å². The van der Waals surface area contributed by atoms with E-state index in [9.17, 15) is 0 Å². The zero-order valence-electron chi connectivity index (χ0n) is 28.1. The van der Waals surface area contributed by atoms with Gasteiger partial charge < -0.3 is 4.42 Å². The first-order chi connectivity index (χ1) is 25.8. The summed E-state index contributed by atoms with van der Waals surface area (Å²) in [5, 5.41) is 4.32. The van der Waals surface area contributed by atoms with Crippen LogP contribution in [0.2, 0.25) is 0 Å². The Morgan fingerprint density at radius 1 is 0.538 bits per heavy atom. The second kappa shape index (κ2) is 11.3. The summed E-state index contributed by atoms with van der Waals surface area (Å²) in [6.45, 7) is 0. The van der Waals surface area contributed by atoms with Gasteiger partial charge in [0.1, 0.15) is 5.58 Å². The molecule has 52 heavy (non-hydrogen) atoms. The number of furan rings is 1. The minimum atomic E-state index is 0.630. The van der Waals surface area contributed by atoms with Crippen molar-refractivity contribution in [2.75, 3.05) is 0 Å². The first kappa shape index (κ1) is 28.9. The molecule has 6 aromatic carbocycles. The van der Waals surface area contributed by atoms with Crippen molar-refractivity contribution in [3.8, 4) is 39.6 Å². The zero-order chi connectivity index (χ0) is 34.2. The molecule has 0 atom stereocenters. The topological polar surface area (TPSA) is 56.7 Å². The van der Waals surface area contributed by atoms with Gasteiger partial charge in [0.15, 0.2) is 0 Å². The summed E-state index contributed by atoms with van der Waals surface area (Å²) in [4.78, 5) is 15.9. The van der Waals surface area contributed by atoms with Gasteiger partial charge in [0.2, 0.25) is 5.95 Å². The van der Waals surface area contributed by atoms with Crippen LogP contribution in [0.5, 0.6) is 0 Å². The number of fused-ring (bicyclic) bond motifs is 14. The first-order valence-electron chi connectivity index (χ1n) is 17.7. The Bertz CT molecular complexity index is 3030. The fourth-order valence-electron chi connectivity index (χ4n) is 8.44. The highest BCUT2D eigenvalue weighted by Gasteiger charge is 2.29. The highest BCUT2D eigenvalue weighted by atomic mass is 16.3. The lowest BCUT2D eigenvalue weighted by Crippen LogP contribution is -2.08. The van der Waals surface area contributed by atoms with Crippen LogP contribution in [0, 0.1) is 0 Å². The van der Waals surface area contributed by atoms with Crippen molar-refractivity contribution in [3.63, 3.8) is 0 Å². The standard InChI is InChI=1S/C47H30N4O/c1-2-13-29(14-3-1)43-35-20-8-10-22-39(35)49-47(50-43)51-40-23-11-9-21-36(40)41-37-24-26-52-46(37)42-38(45(41)51)28-31-16-5-7-19-34(31)33-18-6-4-15-30(33)27-32-17-12-25-48-44(32)42/h1-26H,27-28H2. The van der Waals surface area contributed by atoms with Crippen LogP contribution in [0.25, 0.3) is 83.3 Å². The Morgan fingerprint density at radius 2 is 1.23 bits per heavy atom. The molecule has 0 saturated heterocycles. The predicted octanol–water partition coefficient (Wildman–Crippen LogP) is 11.4. The van der Waals surface area contributed by atoms with Gasteiger partial charge >= 0.3 is 0 Å². The average molecular weight is 667 g/mol. The number of hydrogen-bond donors (Lipinski definition) is 0. The Labute approximate surface area is 299 Å². The Balaban J connectivity index is 1.34. The molecule has 10 aromatic rings. The summed E-state index contributed by atoms with van der Waals surface area (Å²) >= 11 is 0. The molecule has 0 fully saturated rings. The normalized spacial score (nSPS) is 12.5. The summed E-state index contributed by atoms with van der Waals surface area (Å²) < 4.78 is 8.82. The fraction of sp³-hybridized carbons (Fsp3) is 0.0426. The molecule has 0 N–H and O–H groups in total. The average Bonchev–Trinajstić information content (AvgIpc) is 3.82. The van der Waals surface area contributed by atoms with Gasteiger partial charge in [0.05, 0.1) is 34.2 Å². The molecule has 0 amide bonds. The second-order valence-corrected chi connectivity index (χ2v) is 13.5. The number of aromatic nitrogens is 4. The van der Waals surface area contributed by atoms with Gasteiger partial charge in [-0.15, -0.1) is 0 Å². The van der Waals surface area contributed by atoms with E-state index < -0.39 is 0 Å². The van der Waals surface area contributed by atoms with E-state index in [2.05, 4.69) is 132 Å². The molecule has 1 aliphatic rings. The molecule has 0 radical (unpaired) electrons. The lowest BCUT2D eigenvalue weighted by atomic mass is 9.84. The van der Waals surface area contributed by atoms with Gasteiger partial charge in [0.25, 0.3) is 0 Å². The molecule has 4 heterocycles. The quantitative estimate of drug-likeness (QED) is 0.184. The molecule has 11 rings (SSSR count). The van der Waals surface area contributed by atoms with E-state index in [1.54, 1.807) is 0 Å². The molecular formula is C47H30N4O. The highest BCUT2D eigenvalue weighted by Crippen LogP contribution is 2.47. The van der Waals surface area contributed by atoms with Crippen molar-refractivity contribution >= 4 is 43.7 Å². The molecule has 5 heteroatoms. The van der Waals surface area contributed by atoms with E-state index in [0.29, 0.717) is 12.4 Å². The van der Waals surface area contributed by atoms with Crippen molar-refractivity contribution < 1.29 is 4.42 Å². The minimum Gasteiger partial charge on any atom is -0.464 e. The molecule has 0 bridgehead atoms. The summed E-state index contributed by atoms with van der Waals surface area (Å²) in [5.41, 5.74) is 15.1. The van der Waals surface area contributed by atoms with Crippen LogP contribution >= 0.6 is 0 Å². The molecule has 1 aliphatic carbocycles. The van der Waals surface area contributed by atoms with Gasteiger partial charge in [-0.3, -0.25) is 9.55 Å². The first-order valence-corrected chi connectivity index (χ1v) is 17.7. The van der Waals surface area contributed by atoms with Gasteiger partial charge in [0, 0.05) is 51.7 Å². The Kier molecular flexibility index (Phi) is 6.31. The van der Waals surface area contributed by atoms with E-state index in [4.69, 9.17) is 19.4 Å². The van der Waals surface area contributed by atoms with Crippen LogP contribution in [0.3, 0.4) is 0 Å². The number of pyridine rings is 1. The summed E-state index contributed by atoms with van der Waals surface area (Å²) in [7, 11) is 0. The van der Waals surface area contributed by atoms with Crippen LogP contribution in [0.15, 0.2) is 162 Å². The van der Waals surface area contributed by atoms with Crippen molar-refractivity contribution in [2.24, 2.45) is 0 Å². The van der Waals surface area contributed by atoms with Crippen molar-refractivity contribution in [1.82, 2.24) is 19.5 Å². The van der Waals surface area contributed by atoms with E-state index in [-0.39, 0.29) is 0 Å². The lowest BCUT2D eigenvalue weighted by Gasteiger charge is -2.22. The second-order valence-electron chi connectivity index (χ2n) is 13.5. The van der Waals surface area contributed by atoms with Gasteiger partial charge in [-0.2, -0.15) is 0 Å². The minimum absolute atomic E-state index is 0.630. The summed E-state index contributed by atoms with van der Waals surface area (Å²) in [5.74, 6) is 0.630. The van der Waals surface area contributed by atoms with Crippen LogP contribution in [0.4, 0.5) is 0 Å². The smallest absolute Gasteiger partial charge is 0.235 e. The molecule has 0 saturated carbocycles. The summed E-state index contributed by atoms with van der Waals surface area (Å²) in [6, 6.07) is 51.3. The number of para-hydroxylation sites is 2. The van der Waals surface area contributed by atoms with Gasteiger partial charge in [-0.05, 0) is 57.6 Å². The monoisotopic (exact) mass is 666 g/mol. The van der Waals surface area contributed by atoms with Crippen LogP contribution in [-0.2, 0) is 12.8 Å². The van der Waals surface area contributed by atoms with E-state index in [0.717, 1.165) is 83.7 Å². The molecule has 5 nitrogen and oxygen atoms in total. The molecule has 0 aliphatic heterocycles. The number of hydrogen-bond acceptors (Lipinski definition) is 4.